The zero-order valence-corrected chi connectivity index (χ0v) is 29.7. The Morgan fingerprint density at radius 2 is 0.0357 bits per heavy atom. The molecule has 0 amide bonds. The van der Waals surface area contributed by atoms with Crippen LogP contribution in [0.5, 0.6) is 0 Å². The molecule has 0 saturated carbocycles. The molecule has 0 atom stereocenters. The zero-order valence-electron chi connectivity index (χ0n) is 9.90. The van der Waals surface area contributed by atoms with E-state index in [9.17, 15) is 0 Å². The third kappa shape index (κ3) is 179. The van der Waals surface area contributed by atoms with Gasteiger partial charge in [0.25, 0.3) is 0 Å². The number of rotatable bonds is 0. The number of hydrogen-bond donors (Lipinski definition) is 0. The smallest absolute Gasteiger partial charge is 0 e. The Kier molecular flexibility index (Phi) is 1320. The molecule has 0 unspecified atom stereocenters. The Balaban J connectivity index is 0. The predicted octanol–water partition coefficient (Wildman–Crippen LogP) is 0. The van der Waals surface area contributed by atoms with E-state index in [1.165, 1.54) is 0 Å². The summed E-state index contributed by atoms with van der Waals surface area (Å²) in [7, 11) is 0. The molecule has 0 rings (SSSR count). The van der Waals surface area contributed by atoms with Gasteiger partial charge in [-0.05, 0) is 0 Å². The van der Waals surface area contributed by atoms with Crippen LogP contribution in [0.15, 0.2) is 0 Å². The molecule has 0 nitrogen and oxygen atoms in total. The Morgan fingerprint density at radius 3 is 0.0357 bits per heavy atom. The van der Waals surface area contributed by atoms with Crippen molar-refractivity contribution in [2.24, 2.45) is 0 Å². The summed E-state index contributed by atoms with van der Waals surface area (Å²) in [6.45, 7) is 0. The molecule has 28 heteroatoms. The Bertz CT molecular complexity index is 0. The second kappa shape index (κ2) is 188. The molecule has 0 aliphatic heterocycles. The average molecular weight is 1120 g/mol. The molecule has 0 aromatic rings. The summed E-state index contributed by atoms with van der Waals surface area (Å²) in [6.07, 6.45) is 0. The van der Waals surface area contributed by atoms with Gasteiger partial charge >= 0.3 is 0 Å². The first kappa shape index (κ1) is 197. The average Bonchev–Trinajstić information content (AvgIpc) is 0. The minimum atomic E-state index is 0. The van der Waals surface area contributed by atoms with E-state index in [2.05, 4.69) is 0 Å². The van der Waals surface area contributed by atoms with Gasteiger partial charge in [-0.1, -0.05) is 0 Å². The molecule has 0 heterocycles. The second-order valence-electron chi connectivity index (χ2n) is 0. The van der Waals surface area contributed by atoms with Crippen molar-refractivity contribution in [2.75, 3.05) is 0 Å². The third-order valence-corrected chi connectivity index (χ3v) is 0. The summed E-state index contributed by atoms with van der Waals surface area (Å²) in [5.74, 6) is 0. The van der Waals surface area contributed by atoms with E-state index in [4.69, 9.17) is 0 Å². The molecular formula is Ar28. The minimum absolute atomic E-state index is 0. The molecular weight excluding hydrogens is 1120 g/mol. The molecule has 0 bridgehead atoms. The summed E-state index contributed by atoms with van der Waals surface area (Å²) in [4.78, 5) is 0. The van der Waals surface area contributed by atoms with E-state index in [1.54, 1.807) is 0 Å². The van der Waals surface area contributed by atoms with Gasteiger partial charge in [-0.3, -0.25) is 0 Å². The summed E-state index contributed by atoms with van der Waals surface area (Å²) in [6, 6.07) is 0. The van der Waals surface area contributed by atoms with E-state index in [1.807, 2.05) is 0 Å². The van der Waals surface area contributed by atoms with Gasteiger partial charge in [0.15, 0.2) is 0 Å². The van der Waals surface area contributed by atoms with E-state index >= 15 is 0 Å². The van der Waals surface area contributed by atoms with Gasteiger partial charge in [0.2, 0.25) is 0 Å². The SMILES string of the molecule is [Ar].[Ar].[Ar].[Ar].[Ar].[Ar].[Ar].[Ar].[Ar].[Ar].[Ar].[Ar].[Ar].[Ar].[Ar].[Ar].[Ar].[Ar].[Ar].[Ar].[Ar].[Ar].[Ar].[Ar].[Ar].[Ar].[Ar].[Ar]. The molecule has 0 saturated heterocycles. The normalized spacial score (nSPS) is 0. The van der Waals surface area contributed by atoms with Gasteiger partial charge in [0.05, 0.1) is 0 Å². The molecule has 0 fully saturated rings. The van der Waals surface area contributed by atoms with Crippen LogP contribution in [-0.2, 0) is 0 Å². The maximum absolute atomic E-state index is 0. The Labute approximate surface area is 1010 Å². The molecule has 28 heavy (non-hydrogen) atoms. The van der Waals surface area contributed by atoms with E-state index < -0.39 is 0 Å². The van der Waals surface area contributed by atoms with Crippen LogP contribution in [-0.4, -0.2) is 0 Å². The standard InChI is InChI=1S/28Ar. The monoisotopic (exact) mass is 1120 g/mol. The van der Waals surface area contributed by atoms with Crippen LogP contribution < -0.4 is 0 Å². The van der Waals surface area contributed by atoms with Crippen molar-refractivity contribution in [3.63, 3.8) is 0 Å². The summed E-state index contributed by atoms with van der Waals surface area (Å²) in [5, 5.41) is 0. The quantitative estimate of drug-likeness (QED) is 0.321. The molecule has 0 aromatic carbocycles. The van der Waals surface area contributed by atoms with Gasteiger partial charge in [-0.15, -0.1) is 0 Å². The topological polar surface area (TPSA) is 0 Å². The molecule has 0 radical (unpaired) electrons. The first-order valence-corrected chi connectivity index (χ1v) is 0. The van der Waals surface area contributed by atoms with Crippen molar-refractivity contribution >= 4 is 0 Å². The van der Waals surface area contributed by atoms with Gasteiger partial charge in [-0.25, -0.2) is 0 Å². The van der Waals surface area contributed by atoms with Crippen LogP contribution in [0.1, 0.15) is 0 Å². The first-order valence-electron chi connectivity index (χ1n) is 0. The van der Waals surface area contributed by atoms with E-state index in [0.717, 1.165) is 0 Å². The van der Waals surface area contributed by atoms with Crippen LogP contribution in [0.3, 0.4) is 0 Å². The summed E-state index contributed by atoms with van der Waals surface area (Å²) in [5.41, 5.74) is 0. The predicted molar refractivity (Wildman–Crippen MR) is 0 cm³/mol. The van der Waals surface area contributed by atoms with Gasteiger partial charge in [-0.2, -0.15) is 0 Å². The Morgan fingerprint density at radius 1 is 0.0357 bits per heavy atom. The first-order chi connectivity index (χ1) is 0. The van der Waals surface area contributed by atoms with Crippen LogP contribution in [0, 0.1) is 1060 Å². The molecule has 0 aromatic heterocycles. The molecule has 0 N–H and O–H groups in total. The fourth-order valence-corrected chi connectivity index (χ4v) is 0. The third-order valence-electron chi connectivity index (χ3n) is 0. The van der Waals surface area contributed by atoms with Crippen molar-refractivity contribution < 1.29 is 1060 Å². The van der Waals surface area contributed by atoms with E-state index in [-0.39, 0.29) is 1060 Å². The van der Waals surface area contributed by atoms with Crippen LogP contribution in [0.2, 0.25) is 0 Å². The maximum atomic E-state index is 0. The van der Waals surface area contributed by atoms with Crippen molar-refractivity contribution in [3.8, 4) is 0 Å². The molecule has 0 aliphatic rings. The zero-order chi connectivity index (χ0) is 0. The summed E-state index contributed by atoms with van der Waals surface area (Å²) >= 11 is 0. The number of hydrogen-bond acceptors (Lipinski definition) is 0. The van der Waals surface area contributed by atoms with Gasteiger partial charge in [0, 0.05) is 1060 Å². The molecule has 0 aliphatic carbocycles. The Hall–Kier alpha value is 35.3. The van der Waals surface area contributed by atoms with Gasteiger partial charge < -0.3 is 0 Å². The van der Waals surface area contributed by atoms with Crippen LogP contribution in [0.25, 0.3) is 0 Å². The van der Waals surface area contributed by atoms with Crippen molar-refractivity contribution in [2.45, 2.75) is 0 Å². The van der Waals surface area contributed by atoms with Crippen LogP contribution >= 0.6 is 0 Å². The molecule has 0 spiro atoms. The van der Waals surface area contributed by atoms with E-state index in [0.29, 0.717) is 0 Å². The van der Waals surface area contributed by atoms with Gasteiger partial charge in [0.1, 0.15) is 0 Å². The van der Waals surface area contributed by atoms with Crippen molar-refractivity contribution in [1.82, 2.24) is 0 Å². The molecule has 224 valence electrons. The fourth-order valence-electron chi connectivity index (χ4n) is 0. The fraction of sp³-hybridized carbons (Fsp3) is 0. The minimum Gasteiger partial charge on any atom is 0 e. The van der Waals surface area contributed by atoms with Crippen LogP contribution in [0.4, 0.5) is 0 Å². The van der Waals surface area contributed by atoms with Crippen molar-refractivity contribution in [1.29, 1.82) is 0 Å². The van der Waals surface area contributed by atoms with Crippen molar-refractivity contribution in [3.05, 3.63) is 0 Å². The largest absolute Gasteiger partial charge is 0 e. The maximum Gasteiger partial charge on any atom is 0 e. The summed E-state index contributed by atoms with van der Waals surface area (Å²) < 4.78 is 0. The second-order valence-corrected chi connectivity index (χ2v) is 0.